The monoisotopic (exact) mass is 249 g/mol. The zero-order chi connectivity index (χ0) is 11.8. The summed E-state index contributed by atoms with van der Waals surface area (Å²) in [5, 5.41) is 0. The number of fused-ring (bicyclic) bond motifs is 2. The SMILES string of the molecule is O=C(OCS(=O)(=O)[O-])OC1CC2CCC1C2. The van der Waals surface area contributed by atoms with E-state index in [1.54, 1.807) is 0 Å². The predicted molar refractivity (Wildman–Crippen MR) is 51.4 cm³/mol. The summed E-state index contributed by atoms with van der Waals surface area (Å²) in [5.74, 6) is -0.167. The zero-order valence-electron chi connectivity index (χ0n) is 8.63. The largest absolute Gasteiger partial charge is 0.745 e. The van der Waals surface area contributed by atoms with Crippen molar-refractivity contribution in [1.82, 2.24) is 0 Å². The normalized spacial score (nSPS) is 32.7. The Labute approximate surface area is 93.7 Å². The van der Waals surface area contributed by atoms with Gasteiger partial charge in [-0.05, 0) is 37.5 Å². The molecule has 2 fully saturated rings. The third-order valence-corrected chi connectivity index (χ3v) is 3.65. The van der Waals surface area contributed by atoms with Gasteiger partial charge in [0.25, 0.3) is 0 Å². The molecule has 3 atom stereocenters. The average molecular weight is 249 g/mol. The average Bonchev–Trinajstić information content (AvgIpc) is 2.75. The molecular weight excluding hydrogens is 236 g/mol. The fourth-order valence-corrected chi connectivity index (χ4v) is 2.85. The van der Waals surface area contributed by atoms with Gasteiger partial charge in [-0.25, -0.2) is 13.2 Å². The smallest absolute Gasteiger partial charge is 0.509 e. The second-order valence-corrected chi connectivity index (χ2v) is 5.75. The van der Waals surface area contributed by atoms with E-state index in [9.17, 15) is 17.8 Å². The minimum absolute atomic E-state index is 0.166. The van der Waals surface area contributed by atoms with Crippen molar-refractivity contribution in [3.8, 4) is 0 Å². The lowest BCUT2D eigenvalue weighted by atomic mass is 9.98. The van der Waals surface area contributed by atoms with E-state index >= 15 is 0 Å². The van der Waals surface area contributed by atoms with Crippen LogP contribution in [-0.4, -0.2) is 31.2 Å². The highest BCUT2D eigenvalue weighted by atomic mass is 32.2. The minimum atomic E-state index is -4.54. The maximum absolute atomic E-state index is 11.1. The van der Waals surface area contributed by atoms with E-state index in [-0.39, 0.29) is 6.10 Å². The summed E-state index contributed by atoms with van der Waals surface area (Å²) in [4.78, 5) is 11.1. The number of hydrogen-bond acceptors (Lipinski definition) is 6. The zero-order valence-corrected chi connectivity index (χ0v) is 9.44. The summed E-state index contributed by atoms with van der Waals surface area (Å²) in [6.45, 7) is 0. The van der Waals surface area contributed by atoms with E-state index < -0.39 is 22.2 Å². The molecule has 3 unspecified atom stereocenters. The van der Waals surface area contributed by atoms with Crippen molar-refractivity contribution in [1.29, 1.82) is 0 Å². The van der Waals surface area contributed by atoms with Gasteiger partial charge in [0.15, 0.2) is 5.94 Å². The van der Waals surface area contributed by atoms with Gasteiger partial charge in [-0.1, -0.05) is 0 Å². The molecule has 0 amide bonds. The van der Waals surface area contributed by atoms with Crippen LogP contribution in [0.1, 0.15) is 25.7 Å². The number of carbonyl (C=O) groups excluding carboxylic acids is 1. The Balaban J connectivity index is 1.76. The molecule has 0 saturated heterocycles. The first-order valence-corrected chi connectivity index (χ1v) is 6.79. The first-order chi connectivity index (χ1) is 7.44. The molecule has 0 aliphatic heterocycles. The summed E-state index contributed by atoms with van der Waals surface area (Å²) in [6.07, 6.45) is 2.89. The van der Waals surface area contributed by atoms with E-state index in [1.807, 2.05) is 0 Å². The van der Waals surface area contributed by atoms with Crippen LogP contribution in [-0.2, 0) is 19.6 Å². The van der Waals surface area contributed by atoms with Crippen molar-refractivity contribution in [3.63, 3.8) is 0 Å². The van der Waals surface area contributed by atoms with Gasteiger partial charge in [-0.2, -0.15) is 0 Å². The lowest BCUT2D eigenvalue weighted by molar-refractivity contribution is 0.0114. The van der Waals surface area contributed by atoms with Gasteiger partial charge < -0.3 is 14.0 Å². The van der Waals surface area contributed by atoms with Crippen LogP contribution in [0, 0.1) is 11.8 Å². The first kappa shape index (κ1) is 11.7. The van der Waals surface area contributed by atoms with E-state index in [0.29, 0.717) is 11.8 Å². The van der Waals surface area contributed by atoms with Crippen molar-refractivity contribution in [2.75, 3.05) is 5.94 Å². The molecule has 6 nitrogen and oxygen atoms in total. The van der Waals surface area contributed by atoms with Crippen LogP contribution < -0.4 is 0 Å². The molecule has 2 aliphatic carbocycles. The molecule has 0 N–H and O–H groups in total. The van der Waals surface area contributed by atoms with Crippen LogP contribution in [0.15, 0.2) is 0 Å². The minimum Gasteiger partial charge on any atom is -0.745 e. The highest BCUT2D eigenvalue weighted by Crippen LogP contribution is 2.45. The molecule has 0 heterocycles. The predicted octanol–water partition coefficient (Wildman–Crippen LogP) is 0.831. The molecule has 7 heteroatoms. The Morgan fingerprint density at radius 1 is 1.31 bits per heavy atom. The number of rotatable bonds is 3. The maximum Gasteiger partial charge on any atom is 0.509 e. The molecule has 0 aromatic heterocycles. The van der Waals surface area contributed by atoms with Crippen LogP contribution in [0.25, 0.3) is 0 Å². The van der Waals surface area contributed by atoms with E-state index in [4.69, 9.17) is 4.74 Å². The van der Waals surface area contributed by atoms with Crippen LogP contribution in [0.4, 0.5) is 4.79 Å². The van der Waals surface area contributed by atoms with Gasteiger partial charge in [0, 0.05) is 0 Å². The van der Waals surface area contributed by atoms with Crippen LogP contribution in [0.2, 0.25) is 0 Å². The van der Waals surface area contributed by atoms with Crippen molar-refractivity contribution >= 4 is 16.3 Å². The molecule has 2 saturated carbocycles. The van der Waals surface area contributed by atoms with Gasteiger partial charge in [0.2, 0.25) is 0 Å². The van der Waals surface area contributed by atoms with Gasteiger partial charge in [-0.3, -0.25) is 0 Å². The molecule has 2 bridgehead atoms. The number of ether oxygens (including phenoxy) is 2. The second kappa shape index (κ2) is 4.21. The summed E-state index contributed by atoms with van der Waals surface area (Å²) >= 11 is 0. The summed E-state index contributed by atoms with van der Waals surface area (Å²) < 4.78 is 39.8. The third-order valence-electron chi connectivity index (χ3n) is 3.24. The topological polar surface area (TPSA) is 92.7 Å². The quantitative estimate of drug-likeness (QED) is 0.543. The molecule has 2 rings (SSSR count). The Kier molecular flexibility index (Phi) is 3.07. The van der Waals surface area contributed by atoms with Gasteiger partial charge in [0.1, 0.15) is 16.2 Å². The number of hydrogen-bond donors (Lipinski definition) is 0. The molecule has 0 spiro atoms. The fourth-order valence-electron chi connectivity index (χ4n) is 2.61. The second-order valence-electron chi connectivity index (χ2n) is 4.40. The molecule has 0 radical (unpaired) electrons. The molecule has 16 heavy (non-hydrogen) atoms. The van der Waals surface area contributed by atoms with Crippen molar-refractivity contribution in [2.45, 2.75) is 31.8 Å². The Morgan fingerprint density at radius 2 is 2.06 bits per heavy atom. The molecule has 92 valence electrons. The van der Waals surface area contributed by atoms with Crippen molar-refractivity contribution in [3.05, 3.63) is 0 Å². The summed E-state index contributed by atoms with van der Waals surface area (Å²) in [5.41, 5.74) is 0. The van der Waals surface area contributed by atoms with Crippen LogP contribution >= 0.6 is 0 Å². The van der Waals surface area contributed by atoms with E-state index in [0.717, 1.165) is 19.3 Å². The maximum atomic E-state index is 11.1. The molecule has 2 aliphatic rings. The van der Waals surface area contributed by atoms with Gasteiger partial charge >= 0.3 is 6.16 Å². The first-order valence-electron chi connectivity index (χ1n) is 5.21. The van der Waals surface area contributed by atoms with Gasteiger partial charge in [-0.15, -0.1) is 0 Å². The highest BCUT2D eigenvalue weighted by molar-refractivity contribution is 7.85. The third kappa shape index (κ3) is 2.85. The highest BCUT2D eigenvalue weighted by Gasteiger charge is 2.41. The Hall–Kier alpha value is -0.820. The molecule has 0 aromatic rings. The van der Waals surface area contributed by atoms with Crippen LogP contribution in [0.5, 0.6) is 0 Å². The standard InChI is InChI=1S/C9H14O6S/c10-9(14-5-16(11,12)13)15-8-4-6-1-2-7(8)3-6/h6-8H,1-5H2,(H,11,12,13)/p-1. The molecule has 0 aromatic carbocycles. The summed E-state index contributed by atoms with van der Waals surface area (Å²) in [7, 11) is -4.54. The van der Waals surface area contributed by atoms with Gasteiger partial charge in [0.05, 0.1) is 0 Å². The van der Waals surface area contributed by atoms with Crippen molar-refractivity contribution < 1.29 is 27.2 Å². The van der Waals surface area contributed by atoms with Crippen LogP contribution in [0.3, 0.4) is 0 Å². The van der Waals surface area contributed by atoms with E-state index in [1.165, 1.54) is 6.42 Å². The van der Waals surface area contributed by atoms with Crippen molar-refractivity contribution in [2.24, 2.45) is 11.8 Å². The number of carbonyl (C=O) groups is 1. The fraction of sp³-hybridized carbons (Fsp3) is 0.889. The lowest BCUT2D eigenvalue weighted by Crippen LogP contribution is -2.25. The Morgan fingerprint density at radius 3 is 2.56 bits per heavy atom. The van der Waals surface area contributed by atoms with E-state index in [2.05, 4.69) is 4.74 Å². The summed E-state index contributed by atoms with van der Waals surface area (Å²) in [6, 6.07) is 0. The lowest BCUT2D eigenvalue weighted by Gasteiger charge is -2.21. The Bertz CT molecular complexity index is 375. The molecular formula is C9H13O6S-.